The van der Waals surface area contributed by atoms with Gasteiger partial charge < -0.3 is 16.0 Å². The predicted octanol–water partition coefficient (Wildman–Crippen LogP) is -0.461. The second-order valence-corrected chi connectivity index (χ2v) is 3.50. The molecular weight excluding hydrogens is 240 g/mol. The Morgan fingerprint density at radius 2 is 2.28 bits per heavy atom. The quantitative estimate of drug-likeness (QED) is 0.537. The highest BCUT2D eigenvalue weighted by Crippen LogP contribution is 2.28. The van der Waals surface area contributed by atoms with Crippen molar-refractivity contribution in [2.24, 2.45) is 0 Å². The summed E-state index contributed by atoms with van der Waals surface area (Å²) in [6, 6.07) is 0. The van der Waals surface area contributed by atoms with Gasteiger partial charge in [-0.15, -0.1) is 0 Å². The fourth-order valence-electron chi connectivity index (χ4n) is 1.38. The molecule has 0 atom stereocenters. The average Bonchev–Trinajstić information content (AvgIpc) is 2.28. The molecule has 9 heteroatoms. The van der Waals surface area contributed by atoms with Gasteiger partial charge in [0.25, 0.3) is 0 Å². The maximum Gasteiger partial charge on any atom is 0.353 e. The lowest BCUT2D eigenvalue weighted by Crippen LogP contribution is -2.35. The van der Waals surface area contributed by atoms with Gasteiger partial charge in [-0.25, -0.2) is 9.97 Å². The van der Waals surface area contributed by atoms with Crippen LogP contribution >= 0.6 is 0 Å². The largest absolute Gasteiger partial charge is 0.378 e. The second kappa shape index (κ2) is 5.75. The van der Waals surface area contributed by atoms with Crippen LogP contribution in [0.15, 0.2) is 6.33 Å². The van der Waals surface area contributed by atoms with Crippen LogP contribution < -0.4 is 16.0 Å². The van der Waals surface area contributed by atoms with E-state index in [0.29, 0.717) is 6.54 Å². The third-order valence-corrected chi connectivity index (χ3v) is 2.13. The summed E-state index contributed by atoms with van der Waals surface area (Å²) < 4.78 is 0. The summed E-state index contributed by atoms with van der Waals surface area (Å²) in [5.74, 6) is -0.474. The Bertz CT molecular complexity index is 464. The predicted molar refractivity (Wildman–Crippen MR) is 65.1 cm³/mol. The molecule has 3 N–H and O–H groups in total. The van der Waals surface area contributed by atoms with Crippen LogP contribution in [-0.4, -0.2) is 40.9 Å². The molecule has 0 bridgehead atoms. The molecule has 0 spiro atoms. The van der Waals surface area contributed by atoms with Gasteiger partial charge in [-0.1, -0.05) is 0 Å². The number of nitrogens with one attached hydrogen (secondary N) is 1. The standard InChI is InChI=1S/C9H14N6O3/c1-3-11-6(16)4-14(2)9-7(15(17)18)8(10)12-5-13-9/h5H,3-4H2,1-2H3,(H,11,16)(H2,10,12,13). The van der Waals surface area contributed by atoms with E-state index < -0.39 is 10.6 Å². The maximum absolute atomic E-state index is 11.4. The number of carbonyl (C=O) groups excluding carboxylic acids is 1. The van der Waals surface area contributed by atoms with Crippen molar-refractivity contribution in [1.82, 2.24) is 15.3 Å². The summed E-state index contributed by atoms with van der Waals surface area (Å²) in [6.07, 6.45) is 1.12. The minimum Gasteiger partial charge on any atom is -0.378 e. The third kappa shape index (κ3) is 3.03. The van der Waals surface area contributed by atoms with Crippen molar-refractivity contribution in [2.45, 2.75) is 6.92 Å². The van der Waals surface area contributed by atoms with Gasteiger partial charge in [-0.05, 0) is 6.92 Å². The van der Waals surface area contributed by atoms with Crippen LogP contribution in [0.4, 0.5) is 17.3 Å². The molecule has 0 aromatic carbocycles. The molecule has 0 aliphatic rings. The minimum absolute atomic E-state index is 0.0127. The van der Waals surface area contributed by atoms with Crippen molar-refractivity contribution in [2.75, 3.05) is 30.8 Å². The van der Waals surface area contributed by atoms with Crippen LogP contribution in [0.3, 0.4) is 0 Å². The third-order valence-electron chi connectivity index (χ3n) is 2.13. The van der Waals surface area contributed by atoms with Crippen LogP contribution in [0, 0.1) is 10.1 Å². The summed E-state index contributed by atoms with van der Waals surface area (Å²) in [6.45, 7) is 2.22. The van der Waals surface area contributed by atoms with E-state index in [1.165, 1.54) is 11.9 Å². The number of nitrogen functional groups attached to an aromatic ring is 1. The fourth-order valence-corrected chi connectivity index (χ4v) is 1.38. The van der Waals surface area contributed by atoms with Crippen molar-refractivity contribution >= 4 is 23.2 Å². The fraction of sp³-hybridized carbons (Fsp3) is 0.444. The lowest BCUT2D eigenvalue weighted by molar-refractivity contribution is -0.383. The topological polar surface area (TPSA) is 127 Å². The summed E-state index contributed by atoms with van der Waals surface area (Å²) in [7, 11) is 1.52. The summed E-state index contributed by atoms with van der Waals surface area (Å²) in [4.78, 5) is 30.3. The molecule has 0 aliphatic carbocycles. The lowest BCUT2D eigenvalue weighted by atomic mass is 10.4. The number of aromatic nitrogens is 2. The molecule has 1 aromatic rings. The van der Waals surface area contributed by atoms with Gasteiger partial charge in [-0.2, -0.15) is 0 Å². The Balaban J connectivity index is 2.98. The monoisotopic (exact) mass is 254 g/mol. The van der Waals surface area contributed by atoms with E-state index in [4.69, 9.17) is 5.73 Å². The number of amides is 1. The molecule has 0 saturated carbocycles. The minimum atomic E-state index is -0.668. The van der Waals surface area contributed by atoms with E-state index in [1.54, 1.807) is 6.92 Å². The number of nitro groups is 1. The van der Waals surface area contributed by atoms with E-state index in [2.05, 4.69) is 15.3 Å². The molecule has 9 nitrogen and oxygen atoms in total. The van der Waals surface area contributed by atoms with E-state index in [-0.39, 0.29) is 24.1 Å². The average molecular weight is 254 g/mol. The zero-order chi connectivity index (χ0) is 13.7. The van der Waals surface area contributed by atoms with Gasteiger partial charge >= 0.3 is 5.69 Å². The summed E-state index contributed by atoms with van der Waals surface area (Å²) in [5, 5.41) is 13.5. The van der Waals surface area contributed by atoms with Gasteiger partial charge in [0.2, 0.25) is 17.5 Å². The second-order valence-electron chi connectivity index (χ2n) is 3.50. The van der Waals surface area contributed by atoms with Gasteiger partial charge in [0.1, 0.15) is 6.33 Å². The Morgan fingerprint density at radius 3 is 2.83 bits per heavy atom. The highest BCUT2D eigenvalue weighted by molar-refractivity contribution is 5.82. The van der Waals surface area contributed by atoms with E-state index in [0.717, 1.165) is 6.33 Å². The summed E-state index contributed by atoms with van der Waals surface area (Å²) in [5.41, 5.74) is 5.03. The Labute approximate surface area is 103 Å². The van der Waals surface area contributed by atoms with E-state index in [9.17, 15) is 14.9 Å². The molecular formula is C9H14N6O3. The first-order valence-electron chi connectivity index (χ1n) is 5.20. The normalized spacial score (nSPS) is 9.89. The van der Waals surface area contributed by atoms with Gasteiger partial charge in [0.05, 0.1) is 11.5 Å². The van der Waals surface area contributed by atoms with Crippen LogP contribution in [0.25, 0.3) is 0 Å². The van der Waals surface area contributed by atoms with Crippen molar-refractivity contribution in [3.05, 3.63) is 16.4 Å². The molecule has 0 saturated heterocycles. The number of hydrogen-bond acceptors (Lipinski definition) is 7. The van der Waals surface area contributed by atoms with Crippen molar-refractivity contribution in [3.63, 3.8) is 0 Å². The number of carbonyl (C=O) groups is 1. The highest BCUT2D eigenvalue weighted by Gasteiger charge is 2.24. The lowest BCUT2D eigenvalue weighted by Gasteiger charge is -2.17. The first-order valence-corrected chi connectivity index (χ1v) is 5.20. The van der Waals surface area contributed by atoms with Crippen LogP contribution in [0.2, 0.25) is 0 Å². The van der Waals surface area contributed by atoms with Crippen molar-refractivity contribution in [3.8, 4) is 0 Å². The zero-order valence-corrected chi connectivity index (χ0v) is 10.1. The number of rotatable bonds is 5. The number of likely N-dealkylation sites (N-methyl/N-ethyl adjacent to an activating group) is 2. The van der Waals surface area contributed by atoms with Crippen LogP contribution in [0.1, 0.15) is 6.92 Å². The van der Waals surface area contributed by atoms with Gasteiger partial charge in [0.15, 0.2) is 0 Å². The Morgan fingerprint density at radius 1 is 1.61 bits per heavy atom. The molecule has 1 aromatic heterocycles. The van der Waals surface area contributed by atoms with E-state index in [1.807, 2.05) is 0 Å². The molecule has 1 amide bonds. The molecule has 1 rings (SSSR count). The smallest absolute Gasteiger partial charge is 0.353 e. The zero-order valence-electron chi connectivity index (χ0n) is 10.1. The SMILES string of the molecule is CCNC(=O)CN(C)c1ncnc(N)c1[N+](=O)[O-]. The number of nitrogens with two attached hydrogens (primary N) is 1. The molecule has 18 heavy (non-hydrogen) atoms. The van der Waals surface area contributed by atoms with Gasteiger partial charge in [0, 0.05) is 13.6 Å². The first kappa shape index (κ1) is 13.6. The Kier molecular flexibility index (Phi) is 4.35. The number of hydrogen-bond donors (Lipinski definition) is 2. The van der Waals surface area contributed by atoms with E-state index >= 15 is 0 Å². The molecule has 0 unspecified atom stereocenters. The molecule has 0 fully saturated rings. The van der Waals surface area contributed by atoms with Crippen molar-refractivity contribution < 1.29 is 9.72 Å². The van der Waals surface area contributed by atoms with Crippen molar-refractivity contribution in [1.29, 1.82) is 0 Å². The summed E-state index contributed by atoms with van der Waals surface area (Å²) >= 11 is 0. The molecule has 0 radical (unpaired) electrons. The number of nitrogens with zero attached hydrogens (tertiary/aromatic N) is 4. The maximum atomic E-state index is 11.4. The number of anilines is 2. The Hall–Kier alpha value is -2.45. The first-order chi connectivity index (χ1) is 8.47. The van der Waals surface area contributed by atoms with Crippen LogP contribution in [-0.2, 0) is 4.79 Å². The van der Waals surface area contributed by atoms with Crippen LogP contribution in [0.5, 0.6) is 0 Å². The molecule has 0 aliphatic heterocycles. The molecule has 98 valence electrons. The van der Waals surface area contributed by atoms with Gasteiger partial charge in [-0.3, -0.25) is 14.9 Å². The molecule has 1 heterocycles. The highest BCUT2D eigenvalue weighted by atomic mass is 16.6.